The second-order valence-corrected chi connectivity index (χ2v) is 4.43. The first kappa shape index (κ1) is 11.6. The molecule has 0 aliphatic heterocycles. The van der Waals surface area contributed by atoms with Crippen LogP contribution in [0.5, 0.6) is 5.75 Å². The summed E-state index contributed by atoms with van der Waals surface area (Å²) >= 11 is 1.25. The van der Waals surface area contributed by atoms with Crippen LogP contribution in [0, 0.1) is 6.92 Å². The maximum absolute atomic E-state index is 11.3. The monoisotopic (exact) mass is 248 g/mol. The first-order valence-electron chi connectivity index (χ1n) is 5.01. The average molecular weight is 248 g/mol. The van der Waals surface area contributed by atoms with Crippen molar-refractivity contribution in [3.05, 3.63) is 34.2 Å². The minimum Gasteiger partial charge on any atom is -0.497 e. The van der Waals surface area contributed by atoms with Crippen LogP contribution in [0.3, 0.4) is 0 Å². The molecule has 0 spiro atoms. The Morgan fingerprint density at radius 1 is 1.47 bits per heavy atom. The van der Waals surface area contributed by atoms with E-state index in [1.807, 2.05) is 25.1 Å². The molecule has 0 aliphatic carbocycles. The van der Waals surface area contributed by atoms with Gasteiger partial charge >= 0.3 is 0 Å². The molecule has 0 radical (unpaired) electrons. The van der Waals surface area contributed by atoms with Gasteiger partial charge in [0.1, 0.15) is 10.6 Å². The summed E-state index contributed by atoms with van der Waals surface area (Å²) in [7, 11) is 1.62. The topological polar surface area (TPSA) is 65.2 Å². The third-order valence-electron chi connectivity index (χ3n) is 2.48. The fourth-order valence-corrected chi connectivity index (χ4v) is 2.30. The van der Waals surface area contributed by atoms with E-state index >= 15 is 0 Å². The quantitative estimate of drug-likeness (QED) is 0.905. The summed E-state index contributed by atoms with van der Waals surface area (Å²) in [4.78, 5) is 15.9. The lowest BCUT2D eigenvalue weighted by Crippen LogP contribution is -2.10. The van der Waals surface area contributed by atoms with Gasteiger partial charge in [0.15, 0.2) is 0 Å². The van der Waals surface area contributed by atoms with E-state index in [-0.39, 0.29) is 0 Å². The zero-order valence-corrected chi connectivity index (χ0v) is 10.4. The van der Waals surface area contributed by atoms with Gasteiger partial charge in [-0.25, -0.2) is 4.98 Å². The van der Waals surface area contributed by atoms with Crippen molar-refractivity contribution < 1.29 is 9.53 Å². The Morgan fingerprint density at radius 3 is 2.82 bits per heavy atom. The number of ether oxygens (including phenoxy) is 1. The Bertz CT molecular complexity index is 563. The molecule has 2 rings (SSSR count). The van der Waals surface area contributed by atoms with Crippen LogP contribution < -0.4 is 10.5 Å². The number of rotatable bonds is 3. The molecule has 1 amide bonds. The van der Waals surface area contributed by atoms with Crippen molar-refractivity contribution in [2.24, 2.45) is 5.73 Å². The van der Waals surface area contributed by atoms with E-state index in [0.717, 1.165) is 16.9 Å². The van der Waals surface area contributed by atoms with Crippen molar-refractivity contribution in [2.45, 2.75) is 6.92 Å². The highest BCUT2D eigenvalue weighted by molar-refractivity contribution is 7.12. The number of hydrogen-bond donors (Lipinski definition) is 1. The Labute approximate surface area is 103 Å². The second kappa shape index (κ2) is 4.55. The maximum atomic E-state index is 11.3. The van der Waals surface area contributed by atoms with Crippen molar-refractivity contribution in [3.63, 3.8) is 0 Å². The lowest BCUT2D eigenvalue weighted by atomic mass is 10.0. The number of aromatic nitrogens is 1. The molecule has 88 valence electrons. The van der Waals surface area contributed by atoms with Gasteiger partial charge in [-0.15, -0.1) is 11.3 Å². The summed E-state index contributed by atoms with van der Waals surface area (Å²) in [6, 6.07) is 5.63. The molecule has 1 heterocycles. The molecule has 0 unspecified atom stereocenters. The number of nitrogens with two attached hydrogens (primary N) is 1. The van der Waals surface area contributed by atoms with E-state index in [2.05, 4.69) is 4.98 Å². The Kier molecular flexibility index (Phi) is 3.10. The van der Waals surface area contributed by atoms with E-state index in [9.17, 15) is 4.79 Å². The van der Waals surface area contributed by atoms with E-state index in [1.54, 1.807) is 12.6 Å². The normalized spacial score (nSPS) is 10.2. The van der Waals surface area contributed by atoms with Crippen LogP contribution in [0.25, 0.3) is 11.3 Å². The van der Waals surface area contributed by atoms with Crippen molar-refractivity contribution in [2.75, 3.05) is 7.11 Å². The van der Waals surface area contributed by atoms with Gasteiger partial charge in [-0.1, -0.05) is 0 Å². The van der Waals surface area contributed by atoms with Crippen molar-refractivity contribution >= 4 is 17.2 Å². The SMILES string of the molecule is COc1ccc(-c2ncsc2C(N)=O)c(C)c1. The minimum absolute atomic E-state index is 0.447. The number of aryl methyl sites for hydroxylation is 1. The number of amides is 1. The second-order valence-electron chi connectivity index (χ2n) is 3.58. The average Bonchev–Trinajstić information content (AvgIpc) is 2.77. The Balaban J connectivity index is 2.53. The van der Waals surface area contributed by atoms with E-state index < -0.39 is 5.91 Å². The maximum Gasteiger partial charge on any atom is 0.261 e. The molecular weight excluding hydrogens is 236 g/mol. The van der Waals surface area contributed by atoms with Crippen LogP contribution in [-0.4, -0.2) is 18.0 Å². The summed E-state index contributed by atoms with van der Waals surface area (Å²) in [5.74, 6) is 0.333. The fraction of sp³-hybridized carbons (Fsp3) is 0.167. The minimum atomic E-state index is -0.447. The standard InChI is InChI=1S/C12H12N2O2S/c1-7-5-8(16-2)3-4-9(7)10-11(12(13)15)17-6-14-10/h3-6H,1-2H3,(H2,13,15). The molecule has 0 fully saturated rings. The number of thiazole rings is 1. The lowest BCUT2D eigenvalue weighted by molar-refractivity contribution is 0.100. The van der Waals surface area contributed by atoms with Crippen LogP contribution in [0.1, 0.15) is 15.2 Å². The van der Waals surface area contributed by atoms with Crippen LogP contribution in [0.2, 0.25) is 0 Å². The number of carbonyl (C=O) groups is 1. The molecule has 0 aliphatic rings. The van der Waals surface area contributed by atoms with Crippen LogP contribution in [0.15, 0.2) is 23.7 Å². The van der Waals surface area contributed by atoms with Crippen LogP contribution in [0.4, 0.5) is 0 Å². The van der Waals surface area contributed by atoms with E-state index in [1.165, 1.54) is 11.3 Å². The van der Waals surface area contributed by atoms with Gasteiger partial charge in [-0.05, 0) is 30.7 Å². The lowest BCUT2D eigenvalue weighted by Gasteiger charge is -2.06. The van der Waals surface area contributed by atoms with Crippen molar-refractivity contribution in [3.8, 4) is 17.0 Å². The molecule has 0 saturated heterocycles. The zero-order chi connectivity index (χ0) is 12.4. The third-order valence-corrected chi connectivity index (χ3v) is 3.32. The number of methoxy groups -OCH3 is 1. The van der Waals surface area contributed by atoms with Crippen molar-refractivity contribution in [1.29, 1.82) is 0 Å². The predicted octanol–water partition coefficient (Wildman–Crippen LogP) is 2.23. The molecule has 1 aromatic heterocycles. The summed E-state index contributed by atoms with van der Waals surface area (Å²) < 4.78 is 5.14. The molecular formula is C12H12N2O2S. The Hall–Kier alpha value is -1.88. The summed E-state index contributed by atoms with van der Waals surface area (Å²) in [5.41, 5.74) is 9.48. The number of nitrogens with zero attached hydrogens (tertiary/aromatic N) is 1. The molecule has 4 nitrogen and oxygen atoms in total. The highest BCUT2D eigenvalue weighted by atomic mass is 32.1. The molecule has 0 atom stereocenters. The number of hydrogen-bond acceptors (Lipinski definition) is 4. The highest BCUT2D eigenvalue weighted by Crippen LogP contribution is 2.29. The molecule has 1 aromatic carbocycles. The zero-order valence-electron chi connectivity index (χ0n) is 9.56. The molecule has 2 N–H and O–H groups in total. The first-order valence-corrected chi connectivity index (χ1v) is 5.89. The number of primary amides is 1. The fourth-order valence-electron chi connectivity index (χ4n) is 1.64. The molecule has 2 aromatic rings. The van der Waals surface area contributed by atoms with Gasteiger partial charge < -0.3 is 10.5 Å². The summed E-state index contributed by atoms with van der Waals surface area (Å²) in [6.45, 7) is 1.95. The van der Waals surface area contributed by atoms with Crippen LogP contribution in [-0.2, 0) is 0 Å². The van der Waals surface area contributed by atoms with E-state index in [0.29, 0.717) is 10.6 Å². The van der Waals surface area contributed by atoms with Crippen LogP contribution >= 0.6 is 11.3 Å². The van der Waals surface area contributed by atoms with Gasteiger partial charge in [0.25, 0.3) is 5.91 Å². The van der Waals surface area contributed by atoms with Gasteiger partial charge in [0, 0.05) is 5.56 Å². The smallest absolute Gasteiger partial charge is 0.261 e. The predicted molar refractivity (Wildman–Crippen MR) is 67.4 cm³/mol. The summed E-state index contributed by atoms with van der Waals surface area (Å²) in [5, 5.41) is 0. The van der Waals surface area contributed by atoms with E-state index in [4.69, 9.17) is 10.5 Å². The highest BCUT2D eigenvalue weighted by Gasteiger charge is 2.15. The molecule has 5 heteroatoms. The van der Waals surface area contributed by atoms with Crippen molar-refractivity contribution in [1.82, 2.24) is 4.98 Å². The molecule has 0 bridgehead atoms. The molecule has 0 saturated carbocycles. The number of benzene rings is 1. The van der Waals surface area contributed by atoms with Gasteiger partial charge in [-0.2, -0.15) is 0 Å². The number of carbonyl (C=O) groups excluding carboxylic acids is 1. The largest absolute Gasteiger partial charge is 0.497 e. The summed E-state index contributed by atoms with van der Waals surface area (Å²) in [6.07, 6.45) is 0. The first-order chi connectivity index (χ1) is 8.13. The van der Waals surface area contributed by atoms with Gasteiger partial charge in [0.05, 0.1) is 18.3 Å². The molecule has 17 heavy (non-hydrogen) atoms. The Morgan fingerprint density at radius 2 is 2.24 bits per heavy atom. The van der Waals surface area contributed by atoms with Gasteiger partial charge in [0.2, 0.25) is 0 Å². The third kappa shape index (κ3) is 2.14. The van der Waals surface area contributed by atoms with Gasteiger partial charge in [-0.3, -0.25) is 4.79 Å².